The Bertz CT molecular complexity index is 778. The van der Waals surface area contributed by atoms with E-state index in [0.717, 1.165) is 55.4 Å². The molecule has 40 heavy (non-hydrogen) atoms. The van der Waals surface area contributed by atoms with Gasteiger partial charge in [-0.05, 0) is 55.4 Å². The Morgan fingerprint density at radius 3 is 0.400 bits per heavy atom. The SMILES string of the molecule is CC1OC(=O)C(C)OC(=O)C(C)OC(=O)C(C)OC(=O)C(C)OC(=O)C(C)OC(=O)C(C)OC(=O)C(C)OC1=O. The van der Waals surface area contributed by atoms with E-state index in [0.29, 0.717) is 0 Å². The summed E-state index contributed by atoms with van der Waals surface area (Å²) in [6, 6.07) is 0. The third kappa shape index (κ3) is 10.1. The van der Waals surface area contributed by atoms with Gasteiger partial charge in [0, 0.05) is 0 Å². The molecular weight excluding hydrogens is 544 g/mol. The third-order valence-corrected chi connectivity index (χ3v) is 5.00. The van der Waals surface area contributed by atoms with Gasteiger partial charge >= 0.3 is 47.8 Å². The van der Waals surface area contributed by atoms with E-state index in [1.165, 1.54) is 0 Å². The molecule has 0 bridgehead atoms. The smallest absolute Gasteiger partial charge is 0.347 e. The van der Waals surface area contributed by atoms with Crippen molar-refractivity contribution in [1.82, 2.24) is 0 Å². The minimum atomic E-state index is -1.56. The maximum Gasteiger partial charge on any atom is 0.347 e. The Hall–Kier alpha value is -4.24. The second-order valence-electron chi connectivity index (χ2n) is 8.63. The molecular formula is C24H32O16. The predicted molar refractivity (Wildman–Crippen MR) is 124 cm³/mol. The highest BCUT2D eigenvalue weighted by molar-refractivity contribution is 5.88. The molecule has 1 fully saturated rings. The van der Waals surface area contributed by atoms with Crippen LogP contribution >= 0.6 is 0 Å². The number of rotatable bonds is 0. The minimum absolute atomic E-state index is 1.12. The Morgan fingerprint density at radius 2 is 0.325 bits per heavy atom. The molecule has 0 spiro atoms. The van der Waals surface area contributed by atoms with Crippen LogP contribution in [0.3, 0.4) is 0 Å². The molecule has 1 heterocycles. The summed E-state index contributed by atoms with van der Waals surface area (Å²) < 4.78 is 39.0. The molecule has 0 aromatic carbocycles. The molecule has 1 aliphatic rings. The Morgan fingerprint density at radius 1 is 0.250 bits per heavy atom. The van der Waals surface area contributed by atoms with Crippen LogP contribution in [0.2, 0.25) is 0 Å². The number of hydrogen-bond donors (Lipinski definition) is 0. The average molecular weight is 577 g/mol. The summed E-state index contributed by atoms with van der Waals surface area (Å²) in [6.45, 7) is 8.93. The van der Waals surface area contributed by atoms with Gasteiger partial charge in [-0.2, -0.15) is 0 Å². The zero-order valence-electron chi connectivity index (χ0n) is 23.2. The number of esters is 8. The first-order valence-corrected chi connectivity index (χ1v) is 12.1. The van der Waals surface area contributed by atoms with Crippen molar-refractivity contribution in [2.24, 2.45) is 0 Å². The fourth-order valence-corrected chi connectivity index (χ4v) is 2.55. The topological polar surface area (TPSA) is 210 Å². The maximum absolute atomic E-state index is 12.2. The largest absolute Gasteiger partial charge is 0.448 e. The number of cyclic esters (lactones) is 8. The molecule has 16 nitrogen and oxygen atoms in total. The zero-order chi connectivity index (χ0) is 30.9. The highest BCUT2D eigenvalue weighted by atomic mass is 16.7. The first-order valence-electron chi connectivity index (χ1n) is 12.1. The minimum Gasteiger partial charge on any atom is -0.448 e. The van der Waals surface area contributed by atoms with Gasteiger partial charge in [0.15, 0.2) is 48.8 Å². The van der Waals surface area contributed by atoms with Crippen molar-refractivity contribution in [2.75, 3.05) is 0 Å². The highest BCUT2D eigenvalue weighted by Crippen LogP contribution is 2.11. The van der Waals surface area contributed by atoms with Crippen molar-refractivity contribution in [1.29, 1.82) is 0 Å². The molecule has 1 saturated heterocycles. The fraction of sp³-hybridized carbons (Fsp3) is 0.667. The van der Waals surface area contributed by atoms with Gasteiger partial charge in [-0.15, -0.1) is 0 Å². The molecule has 0 aromatic rings. The molecule has 1 rings (SSSR count). The molecule has 8 unspecified atom stereocenters. The van der Waals surface area contributed by atoms with E-state index in [1.807, 2.05) is 0 Å². The molecule has 16 heteroatoms. The quantitative estimate of drug-likeness (QED) is 0.261. The summed E-state index contributed by atoms with van der Waals surface area (Å²) in [4.78, 5) is 97.9. The van der Waals surface area contributed by atoms with Crippen LogP contribution in [0.5, 0.6) is 0 Å². The molecule has 0 saturated carbocycles. The number of hydrogen-bond acceptors (Lipinski definition) is 16. The van der Waals surface area contributed by atoms with Crippen LogP contribution in [0, 0.1) is 0 Å². The van der Waals surface area contributed by atoms with Gasteiger partial charge in [0.2, 0.25) is 0 Å². The first kappa shape index (κ1) is 33.8. The van der Waals surface area contributed by atoms with Crippen LogP contribution in [0.4, 0.5) is 0 Å². The predicted octanol–water partition coefficient (Wildman–Crippen LogP) is -0.546. The monoisotopic (exact) mass is 576 g/mol. The summed E-state index contributed by atoms with van der Waals surface area (Å²) >= 11 is 0. The third-order valence-electron chi connectivity index (χ3n) is 5.00. The van der Waals surface area contributed by atoms with Gasteiger partial charge in [0.25, 0.3) is 0 Å². The molecule has 1 aliphatic heterocycles. The molecule has 0 amide bonds. The van der Waals surface area contributed by atoms with Crippen molar-refractivity contribution in [3.05, 3.63) is 0 Å². The van der Waals surface area contributed by atoms with Crippen LogP contribution in [0.15, 0.2) is 0 Å². The van der Waals surface area contributed by atoms with Crippen LogP contribution in [-0.4, -0.2) is 96.6 Å². The van der Waals surface area contributed by atoms with Gasteiger partial charge < -0.3 is 37.9 Å². The van der Waals surface area contributed by atoms with Gasteiger partial charge in [0.1, 0.15) is 0 Å². The van der Waals surface area contributed by atoms with E-state index in [9.17, 15) is 38.4 Å². The number of carbonyl (C=O) groups is 8. The van der Waals surface area contributed by atoms with E-state index >= 15 is 0 Å². The molecule has 0 N–H and O–H groups in total. The highest BCUT2D eigenvalue weighted by Gasteiger charge is 2.34. The number of carbonyl (C=O) groups excluding carboxylic acids is 8. The van der Waals surface area contributed by atoms with Crippen molar-refractivity contribution >= 4 is 47.8 Å². The second kappa shape index (κ2) is 14.8. The van der Waals surface area contributed by atoms with Gasteiger partial charge in [-0.25, -0.2) is 38.4 Å². The summed E-state index contributed by atoms with van der Waals surface area (Å²) in [6.07, 6.45) is -12.5. The Kier molecular flexibility index (Phi) is 12.5. The van der Waals surface area contributed by atoms with Crippen molar-refractivity contribution in [3.8, 4) is 0 Å². The van der Waals surface area contributed by atoms with Crippen LogP contribution in [0.25, 0.3) is 0 Å². The normalized spacial score (nSPS) is 33.0. The summed E-state index contributed by atoms with van der Waals surface area (Å²) in [5.41, 5.74) is 0. The van der Waals surface area contributed by atoms with E-state index in [-0.39, 0.29) is 0 Å². The van der Waals surface area contributed by atoms with Gasteiger partial charge in [0.05, 0.1) is 0 Å². The molecule has 0 radical (unpaired) electrons. The molecule has 8 atom stereocenters. The maximum atomic E-state index is 12.2. The second-order valence-corrected chi connectivity index (χ2v) is 8.63. The van der Waals surface area contributed by atoms with Crippen LogP contribution in [0.1, 0.15) is 55.4 Å². The summed E-state index contributed by atoms with van der Waals surface area (Å²) in [5, 5.41) is 0. The van der Waals surface area contributed by atoms with E-state index in [4.69, 9.17) is 37.9 Å². The van der Waals surface area contributed by atoms with E-state index in [1.54, 1.807) is 0 Å². The standard InChI is InChI=1S/C24H32O16/c1-9-17(25)34-11(3)19(27)36-13(5)21(29)38-15(7)23(31)40-16(8)24(32)39-14(6)22(30)37-12(4)20(28)35-10(2)18(26)33-9/h9-16H,1-8H3. The summed E-state index contributed by atoms with van der Waals surface area (Å²) in [5.74, 6) is -9.35. The van der Waals surface area contributed by atoms with E-state index in [2.05, 4.69) is 0 Å². The fourth-order valence-electron chi connectivity index (χ4n) is 2.55. The Labute approximate surface area is 228 Å². The van der Waals surface area contributed by atoms with Crippen molar-refractivity contribution in [3.63, 3.8) is 0 Å². The lowest BCUT2D eigenvalue weighted by Crippen LogP contribution is -2.40. The lowest BCUT2D eigenvalue weighted by molar-refractivity contribution is -0.191. The Balaban J connectivity index is 3.11. The summed E-state index contributed by atoms with van der Waals surface area (Å²) in [7, 11) is 0. The average Bonchev–Trinajstić information content (AvgIpc) is 2.87. The number of ether oxygens (including phenoxy) is 8. The van der Waals surface area contributed by atoms with Gasteiger partial charge in [-0.3, -0.25) is 0 Å². The van der Waals surface area contributed by atoms with E-state index < -0.39 is 96.6 Å². The van der Waals surface area contributed by atoms with Crippen LogP contribution in [-0.2, 0) is 76.3 Å². The van der Waals surface area contributed by atoms with Gasteiger partial charge in [-0.1, -0.05) is 0 Å². The lowest BCUT2D eigenvalue weighted by Gasteiger charge is -2.22. The van der Waals surface area contributed by atoms with Crippen molar-refractivity contribution < 1.29 is 76.3 Å². The lowest BCUT2D eigenvalue weighted by atomic mass is 10.3. The zero-order valence-corrected chi connectivity index (χ0v) is 23.2. The molecule has 224 valence electrons. The first-order chi connectivity index (χ1) is 18.4. The molecule has 0 aliphatic carbocycles. The van der Waals surface area contributed by atoms with Crippen molar-refractivity contribution in [2.45, 2.75) is 104 Å². The van der Waals surface area contributed by atoms with Crippen LogP contribution < -0.4 is 0 Å². The molecule has 0 aromatic heterocycles.